The Morgan fingerprint density at radius 1 is 1.39 bits per heavy atom. The summed E-state index contributed by atoms with van der Waals surface area (Å²) in [5.41, 5.74) is 7.72. The van der Waals surface area contributed by atoms with Crippen LogP contribution in [0.25, 0.3) is 0 Å². The van der Waals surface area contributed by atoms with Crippen molar-refractivity contribution in [3.63, 3.8) is 0 Å². The number of para-hydroxylation sites is 1. The standard InChI is InChI=1S/C13H14IN3O/c1-9-16-8-11(14)13(18)17(9)7-6-10-4-2-3-5-12(10)15/h2-5,8H,6-7,15H2,1H3. The molecule has 0 unspecified atom stereocenters. The number of aromatic nitrogens is 2. The first-order valence-corrected chi connectivity index (χ1v) is 6.73. The average molecular weight is 355 g/mol. The fourth-order valence-corrected chi connectivity index (χ4v) is 2.24. The van der Waals surface area contributed by atoms with Gasteiger partial charge in [-0.2, -0.15) is 0 Å². The van der Waals surface area contributed by atoms with Gasteiger partial charge in [0.2, 0.25) is 0 Å². The zero-order valence-corrected chi connectivity index (χ0v) is 12.2. The van der Waals surface area contributed by atoms with Crippen molar-refractivity contribution in [3.05, 3.63) is 55.8 Å². The van der Waals surface area contributed by atoms with E-state index in [-0.39, 0.29) is 5.56 Å². The highest BCUT2D eigenvalue weighted by molar-refractivity contribution is 14.1. The van der Waals surface area contributed by atoms with Crippen LogP contribution in [0.15, 0.2) is 35.3 Å². The maximum absolute atomic E-state index is 12.0. The van der Waals surface area contributed by atoms with Gasteiger partial charge in [0.25, 0.3) is 5.56 Å². The maximum Gasteiger partial charge on any atom is 0.266 e. The van der Waals surface area contributed by atoms with Crippen LogP contribution in [-0.2, 0) is 13.0 Å². The molecule has 1 aromatic carbocycles. The number of hydrogen-bond donors (Lipinski definition) is 1. The van der Waals surface area contributed by atoms with Crippen LogP contribution in [0, 0.1) is 10.5 Å². The van der Waals surface area contributed by atoms with E-state index in [0.29, 0.717) is 10.1 Å². The highest BCUT2D eigenvalue weighted by atomic mass is 127. The van der Waals surface area contributed by atoms with E-state index in [1.807, 2.05) is 53.8 Å². The SMILES string of the molecule is Cc1ncc(I)c(=O)n1CCc1ccccc1N. The van der Waals surface area contributed by atoms with E-state index < -0.39 is 0 Å². The summed E-state index contributed by atoms with van der Waals surface area (Å²) in [6.07, 6.45) is 2.33. The van der Waals surface area contributed by atoms with Crippen LogP contribution in [0.3, 0.4) is 0 Å². The Balaban J connectivity index is 2.24. The molecule has 2 rings (SSSR count). The number of nitrogen functional groups attached to an aromatic ring is 1. The fourth-order valence-electron chi connectivity index (χ4n) is 1.81. The Labute approximate surface area is 119 Å². The van der Waals surface area contributed by atoms with Crippen molar-refractivity contribution in [2.24, 2.45) is 0 Å². The zero-order chi connectivity index (χ0) is 13.1. The molecule has 0 aliphatic rings. The molecule has 0 fully saturated rings. The van der Waals surface area contributed by atoms with Crippen LogP contribution >= 0.6 is 22.6 Å². The topological polar surface area (TPSA) is 60.9 Å². The summed E-state index contributed by atoms with van der Waals surface area (Å²) < 4.78 is 2.33. The minimum atomic E-state index is 0.0117. The zero-order valence-electron chi connectivity index (χ0n) is 10.1. The first-order chi connectivity index (χ1) is 8.59. The lowest BCUT2D eigenvalue weighted by atomic mass is 10.1. The number of nitrogens with zero attached hydrogens (tertiary/aromatic N) is 2. The minimum Gasteiger partial charge on any atom is -0.399 e. The van der Waals surface area contributed by atoms with Crippen molar-refractivity contribution in [3.8, 4) is 0 Å². The summed E-state index contributed by atoms with van der Waals surface area (Å²) in [6, 6.07) is 7.71. The Morgan fingerprint density at radius 3 is 2.83 bits per heavy atom. The third-order valence-electron chi connectivity index (χ3n) is 2.86. The average Bonchev–Trinajstić information content (AvgIpc) is 2.36. The van der Waals surface area contributed by atoms with Gasteiger partial charge in [0.15, 0.2) is 0 Å². The molecule has 0 amide bonds. The largest absolute Gasteiger partial charge is 0.399 e. The number of rotatable bonds is 3. The molecule has 4 nitrogen and oxygen atoms in total. The van der Waals surface area contributed by atoms with Crippen molar-refractivity contribution in [1.82, 2.24) is 9.55 Å². The summed E-state index contributed by atoms with van der Waals surface area (Å²) in [7, 11) is 0. The molecule has 2 aromatic rings. The second-order valence-electron chi connectivity index (χ2n) is 4.06. The lowest BCUT2D eigenvalue weighted by Gasteiger charge is -2.10. The normalized spacial score (nSPS) is 10.6. The number of nitrogens with two attached hydrogens (primary N) is 1. The van der Waals surface area contributed by atoms with Gasteiger partial charge in [-0.1, -0.05) is 18.2 Å². The van der Waals surface area contributed by atoms with Crippen molar-refractivity contribution in [1.29, 1.82) is 0 Å². The van der Waals surface area contributed by atoms with Gasteiger partial charge in [0.05, 0.1) is 3.57 Å². The molecule has 5 heteroatoms. The second kappa shape index (κ2) is 5.51. The lowest BCUT2D eigenvalue weighted by Crippen LogP contribution is -2.26. The van der Waals surface area contributed by atoms with Crippen LogP contribution < -0.4 is 11.3 Å². The Hall–Kier alpha value is -1.37. The van der Waals surface area contributed by atoms with Gasteiger partial charge < -0.3 is 5.73 Å². The van der Waals surface area contributed by atoms with Crippen molar-refractivity contribution < 1.29 is 0 Å². The quantitative estimate of drug-likeness (QED) is 0.677. The maximum atomic E-state index is 12.0. The molecule has 1 aromatic heterocycles. The molecule has 2 N–H and O–H groups in total. The molecule has 0 atom stereocenters. The monoisotopic (exact) mass is 355 g/mol. The van der Waals surface area contributed by atoms with Gasteiger partial charge in [0.1, 0.15) is 5.82 Å². The van der Waals surface area contributed by atoms with Gasteiger partial charge in [0, 0.05) is 18.4 Å². The highest BCUT2D eigenvalue weighted by Crippen LogP contribution is 2.12. The van der Waals surface area contributed by atoms with E-state index in [0.717, 1.165) is 23.5 Å². The van der Waals surface area contributed by atoms with Gasteiger partial charge in [-0.05, 0) is 47.6 Å². The number of aryl methyl sites for hydroxylation is 2. The third kappa shape index (κ3) is 2.72. The van der Waals surface area contributed by atoms with Gasteiger partial charge in [-0.3, -0.25) is 9.36 Å². The van der Waals surface area contributed by atoms with E-state index in [9.17, 15) is 4.79 Å². The molecule has 0 spiro atoms. The summed E-state index contributed by atoms with van der Waals surface area (Å²) in [5.74, 6) is 0.731. The molecular formula is C13H14IN3O. The highest BCUT2D eigenvalue weighted by Gasteiger charge is 2.06. The second-order valence-corrected chi connectivity index (χ2v) is 5.22. The van der Waals surface area contributed by atoms with Crippen LogP contribution in [0.4, 0.5) is 5.69 Å². The van der Waals surface area contributed by atoms with Crippen molar-refractivity contribution in [2.45, 2.75) is 19.9 Å². The third-order valence-corrected chi connectivity index (χ3v) is 3.60. The van der Waals surface area contributed by atoms with E-state index in [4.69, 9.17) is 5.73 Å². The summed E-state index contributed by atoms with van der Waals surface area (Å²) in [5, 5.41) is 0. The molecule has 0 saturated heterocycles. The smallest absolute Gasteiger partial charge is 0.266 e. The molecule has 0 radical (unpaired) electrons. The first-order valence-electron chi connectivity index (χ1n) is 5.65. The van der Waals surface area contributed by atoms with Crippen LogP contribution in [0.1, 0.15) is 11.4 Å². The molecule has 1 heterocycles. The Morgan fingerprint density at radius 2 is 2.11 bits per heavy atom. The summed E-state index contributed by atoms with van der Waals surface area (Å²) in [6.45, 7) is 2.44. The van der Waals surface area contributed by atoms with Crippen molar-refractivity contribution >= 4 is 28.3 Å². The lowest BCUT2D eigenvalue weighted by molar-refractivity contribution is 0.626. The number of benzene rings is 1. The van der Waals surface area contributed by atoms with Crippen molar-refractivity contribution in [2.75, 3.05) is 5.73 Å². The van der Waals surface area contributed by atoms with Crippen LogP contribution in [-0.4, -0.2) is 9.55 Å². The molecule has 0 aliphatic heterocycles. The molecule has 94 valence electrons. The summed E-state index contributed by atoms with van der Waals surface area (Å²) >= 11 is 2.01. The predicted molar refractivity (Wildman–Crippen MR) is 80.5 cm³/mol. The van der Waals surface area contributed by atoms with E-state index >= 15 is 0 Å². The first kappa shape index (κ1) is 13.1. The van der Waals surface area contributed by atoms with Gasteiger partial charge in [-0.25, -0.2) is 4.98 Å². The molecule has 0 bridgehead atoms. The molecule has 0 saturated carbocycles. The van der Waals surface area contributed by atoms with Gasteiger partial charge >= 0.3 is 0 Å². The van der Waals surface area contributed by atoms with E-state index in [1.54, 1.807) is 10.8 Å². The van der Waals surface area contributed by atoms with Crippen LogP contribution in [0.5, 0.6) is 0 Å². The number of hydrogen-bond acceptors (Lipinski definition) is 3. The van der Waals surface area contributed by atoms with Gasteiger partial charge in [-0.15, -0.1) is 0 Å². The summed E-state index contributed by atoms with van der Waals surface area (Å²) in [4.78, 5) is 16.2. The van der Waals surface area contributed by atoms with E-state index in [1.165, 1.54) is 0 Å². The number of anilines is 1. The van der Waals surface area contributed by atoms with Crippen LogP contribution in [0.2, 0.25) is 0 Å². The molecule has 0 aliphatic carbocycles. The Bertz CT molecular complexity index is 622. The predicted octanol–water partition coefficient (Wildman–Crippen LogP) is 1.98. The molecule has 18 heavy (non-hydrogen) atoms. The number of halogens is 1. The Kier molecular flexibility index (Phi) is 4.00. The fraction of sp³-hybridized carbons (Fsp3) is 0.231. The molecular weight excluding hydrogens is 341 g/mol. The minimum absolute atomic E-state index is 0.0117. The van der Waals surface area contributed by atoms with E-state index in [2.05, 4.69) is 4.98 Å².